The third kappa shape index (κ3) is 2.58. The SMILES string of the molecule is CC(NC(=O)C1(CN)CCC1)c1ccc2c(c1)OCCO2. The monoisotopic (exact) mass is 290 g/mol. The lowest BCUT2D eigenvalue weighted by Crippen LogP contribution is -2.50. The molecule has 1 fully saturated rings. The van der Waals surface area contributed by atoms with Crippen molar-refractivity contribution in [2.45, 2.75) is 32.2 Å². The number of carbonyl (C=O) groups is 1. The maximum Gasteiger partial charge on any atom is 0.227 e. The zero-order chi connectivity index (χ0) is 14.9. The van der Waals surface area contributed by atoms with Gasteiger partial charge < -0.3 is 20.5 Å². The molecule has 1 aromatic carbocycles. The van der Waals surface area contributed by atoms with Gasteiger partial charge in [0.2, 0.25) is 5.91 Å². The highest BCUT2D eigenvalue weighted by molar-refractivity contribution is 5.84. The molecule has 1 aromatic rings. The Bertz CT molecular complexity index is 535. The van der Waals surface area contributed by atoms with Crippen LogP contribution in [0.25, 0.3) is 0 Å². The van der Waals surface area contributed by atoms with Crippen molar-refractivity contribution in [3.63, 3.8) is 0 Å². The van der Waals surface area contributed by atoms with Crippen LogP contribution in [0.5, 0.6) is 11.5 Å². The third-order valence-electron chi connectivity index (χ3n) is 4.60. The van der Waals surface area contributed by atoms with Crippen LogP contribution >= 0.6 is 0 Å². The van der Waals surface area contributed by atoms with Gasteiger partial charge in [0.15, 0.2) is 11.5 Å². The van der Waals surface area contributed by atoms with E-state index in [9.17, 15) is 4.79 Å². The van der Waals surface area contributed by atoms with Crippen molar-refractivity contribution in [2.75, 3.05) is 19.8 Å². The van der Waals surface area contributed by atoms with E-state index in [4.69, 9.17) is 15.2 Å². The van der Waals surface area contributed by atoms with Crippen molar-refractivity contribution < 1.29 is 14.3 Å². The summed E-state index contributed by atoms with van der Waals surface area (Å²) in [7, 11) is 0. The van der Waals surface area contributed by atoms with Crippen LogP contribution in [0.2, 0.25) is 0 Å². The molecule has 0 radical (unpaired) electrons. The van der Waals surface area contributed by atoms with Crippen LogP contribution in [0.4, 0.5) is 0 Å². The fraction of sp³-hybridized carbons (Fsp3) is 0.562. The molecule has 1 heterocycles. The standard InChI is InChI=1S/C16H22N2O3/c1-11(18-15(19)16(10-17)5-2-6-16)12-3-4-13-14(9-12)21-8-7-20-13/h3-4,9,11H,2,5-8,10,17H2,1H3,(H,18,19). The topological polar surface area (TPSA) is 73.6 Å². The lowest BCUT2D eigenvalue weighted by molar-refractivity contribution is -0.135. The quantitative estimate of drug-likeness (QED) is 0.886. The minimum Gasteiger partial charge on any atom is -0.486 e. The molecule has 0 saturated heterocycles. The van der Waals surface area contributed by atoms with Crippen LogP contribution < -0.4 is 20.5 Å². The Morgan fingerprint density at radius 2 is 2.05 bits per heavy atom. The highest BCUT2D eigenvalue weighted by Crippen LogP contribution is 2.40. The van der Waals surface area contributed by atoms with Crippen LogP contribution in [0.15, 0.2) is 18.2 Å². The van der Waals surface area contributed by atoms with E-state index in [0.717, 1.165) is 36.3 Å². The van der Waals surface area contributed by atoms with Crippen molar-refractivity contribution in [3.05, 3.63) is 23.8 Å². The van der Waals surface area contributed by atoms with Crippen molar-refractivity contribution in [1.82, 2.24) is 5.32 Å². The minimum atomic E-state index is -0.345. The molecule has 3 rings (SSSR count). The Morgan fingerprint density at radius 3 is 2.67 bits per heavy atom. The van der Waals surface area contributed by atoms with Crippen LogP contribution in [-0.2, 0) is 4.79 Å². The number of hydrogen-bond acceptors (Lipinski definition) is 4. The van der Waals surface area contributed by atoms with E-state index in [1.165, 1.54) is 0 Å². The van der Waals surface area contributed by atoms with Gasteiger partial charge in [0.1, 0.15) is 13.2 Å². The summed E-state index contributed by atoms with van der Waals surface area (Å²) in [4.78, 5) is 12.4. The Kier molecular flexibility index (Phi) is 3.76. The first-order valence-electron chi connectivity index (χ1n) is 7.55. The molecule has 2 aliphatic rings. The third-order valence-corrected chi connectivity index (χ3v) is 4.60. The summed E-state index contributed by atoms with van der Waals surface area (Å²) in [5, 5.41) is 3.08. The molecule has 1 amide bonds. The molecule has 1 saturated carbocycles. The zero-order valence-corrected chi connectivity index (χ0v) is 12.4. The number of carbonyl (C=O) groups excluding carboxylic acids is 1. The summed E-state index contributed by atoms with van der Waals surface area (Å²) in [6, 6.07) is 5.73. The van der Waals surface area contributed by atoms with Crippen LogP contribution in [0, 0.1) is 5.41 Å². The second-order valence-electron chi connectivity index (χ2n) is 5.94. The number of nitrogens with one attached hydrogen (secondary N) is 1. The molecule has 1 unspecified atom stereocenters. The maximum atomic E-state index is 12.4. The fourth-order valence-corrected chi connectivity index (χ4v) is 2.89. The number of fused-ring (bicyclic) bond motifs is 1. The van der Waals surface area contributed by atoms with Gasteiger partial charge in [-0.3, -0.25) is 4.79 Å². The number of rotatable bonds is 4. The number of ether oxygens (including phenoxy) is 2. The van der Waals surface area contributed by atoms with Gasteiger partial charge in [0.05, 0.1) is 11.5 Å². The van der Waals surface area contributed by atoms with E-state index < -0.39 is 0 Å². The Labute approximate surface area is 124 Å². The predicted molar refractivity (Wildman–Crippen MR) is 79.3 cm³/mol. The molecular weight excluding hydrogens is 268 g/mol. The molecule has 0 spiro atoms. The summed E-state index contributed by atoms with van der Waals surface area (Å²) in [5.74, 6) is 1.58. The van der Waals surface area contributed by atoms with E-state index in [-0.39, 0.29) is 17.4 Å². The van der Waals surface area contributed by atoms with Crippen LogP contribution in [0.3, 0.4) is 0 Å². The van der Waals surface area contributed by atoms with Crippen molar-refractivity contribution in [1.29, 1.82) is 0 Å². The summed E-state index contributed by atoms with van der Waals surface area (Å²) in [5.41, 5.74) is 6.45. The van der Waals surface area contributed by atoms with E-state index in [0.29, 0.717) is 19.8 Å². The fourth-order valence-electron chi connectivity index (χ4n) is 2.89. The summed E-state index contributed by atoms with van der Waals surface area (Å²) < 4.78 is 11.1. The van der Waals surface area contributed by atoms with Crippen molar-refractivity contribution in [2.24, 2.45) is 11.1 Å². The van der Waals surface area contributed by atoms with Gasteiger partial charge in [-0.2, -0.15) is 0 Å². The van der Waals surface area contributed by atoms with Crippen LogP contribution in [-0.4, -0.2) is 25.7 Å². The van der Waals surface area contributed by atoms with Crippen molar-refractivity contribution >= 4 is 5.91 Å². The molecule has 1 aliphatic heterocycles. The lowest BCUT2D eigenvalue weighted by atomic mass is 9.68. The Balaban J connectivity index is 1.70. The second-order valence-corrected chi connectivity index (χ2v) is 5.94. The number of amides is 1. The van der Waals surface area contributed by atoms with E-state index >= 15 is 0 Å². The van der Waals surface area contributed by atoms with Gasteiger partial charge in [0, 0.05) is 6.54 Å². The van der Waals surface area contributed by atoms with Gasteiger partial charge in [-0.15, -0.1) is 0 Å². The Morgan fingerprint density at radius 1 is 1.33 bits per heavy atom. The van der Waals surface area contributed by atoms with E-state index in [1.54, 1.807) is 0 Å². The smallest absolute Gasteiger partial charge is 0.227 e. The second kappa shape index (κ2) is 5.56. The van der Waals surface area contributed by atoms with Gasteiger partial charge in [-0.05, 0) is 37.5 Å². The Hall–Kier alpha value is -1.75. The molecule has 5 nitrogen and oxygen atoms in total. The van der Waals surface area contributed by atoms with Gasteiger partial charge >= 0.3 is 0 Å². The molecule has 21 heavy (non-hydrogen) atoms. The molecule has 0 aromatic heterocycles. The molecule has 114 valence electrons. The van der Waals surface area contributed by atoms with Gasteiger partial charge in [-0.1, -0.05) is 12.5 Å². The number of hydrogen-bond donors (Lipinski definition) is 2. The molecule has 0 bridgehead atoms. The van der Waals surface area contributed by atoms with E-state index in [2.05, 4.69) is 5.32 Å². The van der Waals surface area contributed by atoms with Gasteiger partial charge in [-0.25, -0.2) is 0 Å². The molecule has 5 heteroatoms. The molecular formula is C16H22N2O3. The number of nitrogens with two attached hydrogens (primary N) is 1. The summed E-state index contributed by atoms with van der Waals surface area (Å²) in [6.07, 6.45) is 2.87. The highest BCUT2D eigenvalue weighted by atomic mass is 16.6. The zero-order valence-electron chi connectivity index (χ0n) is 12.4. The first kappa shape index (κ1) is 14.2. The van der Waals surface area contributed by atoms with E-state index in [1.807, 2.05) is 25.1 Å². The largest absolute Gasteiger partial charge is 0.486 e. The summed E-state index contributed by atoms with van der Waals surface area (Å²) in [6.45, 7) is 3.55. The number of benzene rings is 1. The average Bonchev–Trinajstić information content (AvgIpc) is 2.46. The molecule has 1 atom stereocenters. The first-order valence-corrected chi connectivity index (χ1v) is 7.55. The lowest BCUT2D eigenvalue weighted by Gasteiger charge is -2.39. The van der Waals surface area contributed by atoms with Crippen molar-refractivity contribution in [3.8, 4) is 11.5 Å². The van der Waals surface area contributed by atoms with Crippen LogP contribution in [0.1, 0.15) is 37.8 Å². The average molecular weight is 290 g/mol. The molecule has 3 N–H and O–H groups in total. The minimum absolute atomic E-state index is 0.0682. The normalized spacial score (nSPS) is 20.3. The first-order chi connectivity index (χ1) is 10.1. The predicted octanol–water partition coefficient (Wildman–Crippen LogP) is 1.76. The maximum absolute atomic E-state index is 12.4. The van der Waals surface area contributed by atoms with Gasteiger partial charge in [0.25, 0.3) is 0 Å². The highest BCUT2D eigenvalue weighted by Gasteiger charge is 2.43. The summed E-state index contributed by atoms with van der Waals surface area (Å²) >= 11 is 0. The molecule has 1 aliphatic carbocycles.